The summed E-state index contributed by atoms with van der Waals surface area (Å²) in [7, 11) is 0. The van der Waals surface area contributed by atoms with Gasteiger partial charge in [0.1, 0.15) is 0 Å². The van der Waals surface area contributed by atoms with E-state index in [1.54, 1.807) is 0 Å². The van der Waals surface area contributed by atoms with Gasteiger partial charge in [-0.3, -0.25) is 9.89 Å². The highest BCUT2D eigenvalue weighted by Crippen LogP contribution is 2.28. The van der Waals surface area contributed by atoms with Gasteiger partial charge in [-0.05, 0) is 38.3 Å². The Labute approximate surface area is 174 Å². The number of hydrogen-bond acceptors (Lipinski definition) is 5. The van der Waals surface area contributed by atoms with Crippen LogP contribution in [0.4, 0.5) is 0 Å². The lowest BCUT2D eigenvalue weighted by atomic mass is 10.2. The summed E-state index contributed by atoms with van der Waals surface area (Å²) < 4.78 is 11.2. The minimum atomic E-state index is 0.312. The molecule has 0 aliphatic carbocycles. The van der Waals surface area contributed by atoms with Crippen molar-refractivity contribution in [2.75, 3.05) is 59.2 Å². The molecule has 7 heteroatoms. The maximum atomic E-state index is 5.66. The molecule has 0 bridgehead atoms. The van der Waals surface area contributed by atoms with E-state index < -0.39 is 0 Å². The molecule has 1 aliphatic rings. The van der Waals surface area contributed by atoms with Crippen molar-refractivity contribution in [2.45, 2.75) is 40.2 Å². The summed E-state index contributed by atoms with van der Waals surface area (Å²) in [5.74, 6) is 1.47. The van der Waals surface area contributed by atoms with Crippen LogP contribution in [-0.4, -0.2) is 70.0 Å². The third-order valence-corrected chi connectivity index (χ3v) is 5.65. The molecule has 1 saturated heterocycles. The second-order valence-electron chi connectivity index (χ2n) is 7.58. The monoisotopic (exact) mass is 410 g/mol. The Bertz CT molecular complexity index is 571. The van der Waals surface area contributed by atoms with Crippen molar-refractivity contribution < 1.29 is 9.47 Å². The van der Waals surface area contributed by atoms with Gasteiger partial charge in [0, 0.05) is 49.1 Å². The SMILES string of the molecule is CCNC(=NCC(c1ccc(C)s1)N1CCOCC1)NCCCOCC(C)C. The Balaban J connectivity index is 1.90. The number of guanidine groups is 1. The average molecular weight is 411 g/mol. The number of ether oxygens (including phenoxy) is 2. The third-order valence-electron chi connectivity index (χ3n) is 4.55. The molecule has 2 rings (SSSR count). The number of thiophene rings is 1. The van der Waals surface area contributed by atoms with Crippen LogP contribution in [0.3, 0.4) is 0 Å². The number of morpholine rings is 1. The number of nitrogens with zero attached hydrogens (tertiary/aromatic N) is 2. The molecule has 0 aromatic carbocycles. The molecule has 2 N–H and O–H groups in total. The van der Waals surface area contributed by atoms with Crippen LogP contribution < -0.4 is 10.6 Å². The van der Waals surface area contributed by atoms with Crippen molar-refractivity contribution in [1.82, 2.24) is 15.5 Å². The zero-order valence-corrected chi connectivity index (χ0v) is 18.8. The summed E-state index contributed by atoms with van der Waals surface area (Å²) in [6.07, 6.45) is 0.980. The lowest BCUT2D eigenvalue weighted by molar-refractivity contribution is 0.0186. The highest BCUT2D eigenvalue weighted by atomic mass is 32.1. The van der Waals surface area contributed by atoms with Gasteiger partial charge in [0.2, 0.25) is 0 Å². The Morgan fingerprint density at radius 2 is 2.07 bits per heavy atom. The Morgan fingerprint density at radius 3 is 2.71 bits per heavy atom. The molecular weight excluding hydrogens is 372 g/mol. The van der Waals surface area contributed by atoms with E-state index in [4.69, 9.17) is 14.5 Å². The van der Waals surface area contributed by atoms with Crippen LogP contribution in [0.25, 0.3) is 0 Å². The normalized spacial score (nSPS) is 17.1. The second kappa shape index (κ2) is 13.1. The standard InChI is InChI=1S/C21H38N4O2S/c1-5-22-21(23-9-6-12-27-16-17(2)3)24-15-19(20-8-7-18(4)28-20)25-10-13-26-14-11-25/h7-8,17,19H,5-6,9-16H2,1-4H3,(H2,22,23,24). The minimum Gasteiger partial charge on any atom is -0.381 e. The van der Waals surface area contributed by atoms with Gasteiger partial charge >= 0.3 is 0 Å². The summed E-state index contributed by atoms with van der Waals surface area (Å²) in [6, 6.07) is 4.77. The Hall–Kier alpha value is -1.15. The van der Waals surface area contributed by atoms with E-state index in [-0.39, 0.29) is 0 Å². The first-order valence-corrected chi connectivity index (χ1v) is 11.4. The van der Waals surface area contributed by atoms with Gasteiger partial charge in [0.25, 0.3) is 0 Å². The summed E-state index contributed by atoms with van der Waals surface area (Å²) in [5, 5.41) is 6.81. The quantitative estimate of drug-likeness (QED) is 0.334. The summed E-state index contributed by atoms with van der Waals surface area (Å²) in [5.41, 5.74) is 0. The van der Waals surface area contributed by atoms with E-state index >= 15 is 0 Å². The number of hydrogen-bond donors (Lipinski definition) is 2. The van der Waals surface area contributed by atoms with E-state index in [1.807, 2.05) is 11.3 Å². The maximum Gasteiger partial charge on any atom is 0.191 e. The molecule has 2 heterocycles. The third kappa shape index (κ3) is 8.47. The largest absolute Gasteiger partial charge is 0.381 e. The van der Waals surface area contributed by atoms with Crippen molar-refractivity contribution in [3.8, 4) is 0 Å². The van der Waals surface area contributed by atoms with Crippen LogP contribution in [0.1, 0.15) is 43.0 Å². The maximum absolute atomic E-state index is 5.66. The summed E-state index contributed by atoms with van der Waals surface area (Å²) in [6.45, 7) is 16.2. The highest BCUT2D eigenvalue weighted by molar-refractivity contribution is 7.12. The first-order chi connectivity index (χ1) is 13.6. The first kappa shape index (κ1) is 23.1. The molecular formula is C21H38N4O2S. The molecule has 0 radical (unpaired) electrons. The smallest absolute Gasteiger partial charge is 0.191 e. The number of nitrogens with one attached hydrogen (secondary N) is 2. The highest BCUT2D eigenvalue weighted by Gasteiger charge is 2.23. The van der Waals surface area contributed by atoms with Crippen molar-refractivity contribution in [2.24, 2.45) is 10.9 Å². The molecule has 6 nitrogen and oxygen atoms in total. The Morgan fingerprint density at radius 1 is 1.29 bits per heavy atom. The summed E-state index contributed by atoms with van der Waals surface area (Å²) in [4.78, 5) is 10.1. The van der Waals surface area contributed by atoms with Crippen molar-refractivity contribution in [3.63, 3.8) is 0 Å². The predicted molar refractivity (Wildman–Crippen MR) is 118 cm³/mol. The number of rotatable bonds is 11. The van der Waals surface area contributed by atoms with Gasteiger partial charge in [-0.2, -0.15) is 0 Å². The fraction of sp³-hybridized carbons (Fsp3) is 0.762. The molecule has 1 aromatic rings. The van der Waals surface area contributed by atoms with Gasteiger partial charge in [0.05, 0.1) is 25.8 Å². The molecule has 1 unspecified atom stereocenters. The van der Waals surface area contributed by atoms with Crippen molar-refractivity contribution in [1.29, 1.82) is 0 Å². The van der Waals surface area contributed by atoms with Crippen LogP contribution in [0.15, 0.2) is 17.1 Å². The predicted octanol–water partition coefficient (Wildman–Crippen LogP) is 3.05. The fourth-order valence-corrected chi connectivity index (χ4v) is 4.13. The second-order valence-corrected chi connectivity index (χ2v) is 8.90. The molecule has 1 aromatic heterocycles. The zero-order valence-electron chi connectivity index (χ0n) is 18.0. The lowest BCUT2D eigenvalue weighted by Gasteiger charge is -2.33. The van der Waals surface area contributed by atoms with Crippen LogP contribution >= 0.6 is 11.3 Å². The molecule has 0 saturated carbocycles. The summed E-state index contributed by atoms with van der Waals surface area (Å²) >= 11 is 1.87. The first-order valence-electron chi connectivity index (χ1n) is 10.6. The molecule has 1 aliphatic heterocycles. The molecule has 28 heavy (non-hydrogen) atoms. The number of aliphatic imine (C=N–C) groups is 1. The van der Waals surface area contributed by atoms with Gasteiger partial charge < -0.3 is 20.1 Å². The zero-order chi connectivity index (χ0) is 20.2. The fourth-order valence-electron chi connectivity index (χ4n) is 3.13. The van der Waals surface area contributed by atoms with Crippen molar-refractivity contribution in [3.05, 3.63) is 21.9 Å². The molecule has 1 fully saturated rings. The lowest BCUT2D eigenvalue weighted by Crippen LogP contribution is -2.41. The van der Waals surface area contributed by atoms with E-state index in [9.17, 15) is 0 Å². The van der Waals surface area contributed by atoms with Gasteiger partial charge in [0.15, 0.2) is 5.96 Å². The van der Waals surface area contributed by atoms with Crippen LogP contribution in [0.5, 0.6) is 0 Å². The van der Waals surface area contributed by atoms with E-state index in [1.165, 1.54) is 9.75 Å². The van der Waals surface area contributed by atoms with Gasteiger partial charge in [-0.1, -0.05) is 13.8 Å². The Kier molecular flexibility index (Phi) is 10.9. The topological polar surface area (TPSA) is 58.1 Å². The average Bonchev–Trinajstić information content (AvgIpc) is 3.11. The minimum absolute atomic E-state index is 0.312. The van der Waals surface area contributed by atoms with Crippen LogP contribution in [0.2, 0.25) is 0 Å². The van der Waals surface area contributed by atoms with Crippen LogP contribution in [0, 0.1) is 12.8 Å². The molecule has 0 amide bonds. The van der Waals surface area contributed by atoms with Gasteiger partial charge in [-0.15, -0.1) is 11.3 Å². The molecule has 160 valence electrons. The van der Waals surface area contributed by atoms with E-state index in [0.29, 0.717) is 12.0 Å². The number of aryl methyl sites for hydroxylation is 1. The van der Waals surface area contributed by atoms with Crippen LogP contribution in [-0.2, 0) is 9.47 Å². The van der Waals surface area contributed by atoms with Crippen molar-refractivity contribution >= 4 is 17.3 Å². The van der Waals surface area contributed by atoms with E-state index in [2.05, 4.69) is 55.4 Å². The van der Waals surface area contributed by atoms with E-state index in [0.717, 1.165) is 71.5 Å². The molecule has 1 atom stereocenters. The molecule has 0 spiro atoms. The van der Waals surface area contributed by atoms with Gasteiger partial charge in [-0.25, -0.2) is 0 Å².